The van der Waals surface area contributed by atoms with Gasteiger partial charge in [0, 0.05) is 50.2 Å². The van der Waals surface area contributed by atoms with Crippen LogP contribution in [0.5, 0.6) is 0 Å². The predicted molar refractivity (Wildman–Crippen MR) is 101 cm³/mol. The predicted octanol–water partition coefficient (Wildman–Crippen LogP) is 1.23. The Balaban J connectivity index is 1.49. The molecule has 0 aliphatic heterocycles. The van der Waals surface area contributed by atoms with Crippen molar-refractivity contribution in [1.82, 2.24) is 30.0 Å². The fourth-order valence-electron chi connectivity index (χ4n) is 3.35. The SMILES string of the molecule is CC(Cc1cnc[nH]1)C(=O)NC1(CN(C)C(=O)C(C)Cn2cccn2)CC1. The van der Waals surface area contributed by atoms with Crippen LogP contribution < -0.4 is 5.32 Å². The van der Waals surface area contributed by atoms with Crippen LogP contribution in [0, 0.1) is 11.8 Å². The van der Waals surface area contributed by atoms with Crippen LogP contribution in [0.4, 0.5) is 0 Å². The highest BCUT2D eigenvalue weighted by molar-refractivity contribution is 5.81. The molecule has 3 rings (SSSR count). The molecule has 0 saturated heterocycles. The highest BCUT2D eigenvalue weighted by Crippen LogP contribution is 2.36. The second kappa shape index (κ2) is 7.94. The molecule has 2 aromatic rings. The minimum absolute atomic E-state index is 0.0209. The molecule has 0 spiro atoms. The van der Waals surface area contributed by atoms with Crippen molar-refractivity contribution in [2.24, 2.45) is 11.8 Å². The molecule has 1 saturated carbocycles. The van der Waals surface area contributed by atoms with Gasteiger partial charge < -0.3 is 15.2 Å². The number of likely N-dealkylation sites (N-methyl/N-ethyl adjacent to an activating group) is 1. The third-order valence-electron chi connectivity index (χ3n) is 5.13. The molecular weight excluding hydrogens is 344 g/mol. The van der Waals surface area contributed by atoms with E-state index in [2.05, 4.69) is 20.4 Å². The maximum absolute atomic E-state index is 12.7. The largest absolute Gasteiger partial charge is 0.349 e. The lowest BCUT2D eigenvalue weighted by Gasteiger charge is -2.28. The number of amides is 2. The molecule has 8 heteroatoms. The lowest BCUT2D eigenvalue weighted by Crippen LogP contribution is -2.49. The average Bonchev–Trinajstić information content (AvgIpc) is 3.05. The van der Waals surface area contributed by atoms with E-state index >= 15 is 0 Å². The molecular formula is C19H28N6O2. The Kier molecular flexibility index (Phi) is 5.62. The average molecular weight is 372 g/mol. The van der Waals surface area contributed by atoms with E-state index in [4.69, 9.17) is 0 Å². The lowest BCUT2D eigenvalue weighted by molar-refractivity contribution is -0.135. The number of nitrogens with zero attached hydrogens (tertiary/aromatic N) is 4. The Morgan fingerprint density at radius 3 is 2.74 bits per heavy atom. The molecule has 2 heterocycles. The van der Waals surface area contributed by atoms with E-state index in [9.17, 15) is 9.59 Å². The minimum Gasteiger partial charge on any atom is -0.349 e. The molecule has 2 amide bonds. The Bertz CT molecular complexity index is 751. The number of H-pyrrole nitrogens is 1. The van der Waals surface area contributed by atoms with Crippen LogP contribution in [0.2, 0.25) is 0 Å². The smallest absolute Gasteiger partial charge is 0.227 e. The first kappa shape index (κ1) is 19.1. The van der Waals surface area contributed by atoms with Crippen molar-refractivity contribution in [3.63, 3.8) is 0 Å². The zero-order valence-corrected chi connectivity index (χ0v) is 16.2. The maximum Gasteiger partial charge on any atom is 0.227 e. The number of carbonyl (C=O) groups excluding carboxylic acids is 2. The summed E-state index contributed by atoms with van der Waals surface area (Å²) >= 11 is 0. The van der Waals surface area contributed by atoms with Crippen molar-refractivity contribution in [2.75, 3.05) is 13.6 Å². The van der Waals surface area contributed by atoms with E-state index in [1.54, 1.807) is 28.3 Å². The summed E-state index contributed by atoms with van der Waals surface area (Å²) in [6.45, 7) is 4.91. The maximum atomic E-state index is 12.7. The summed E-state index contributed by atoms with van der Waals surface area (Å²) in [5.41, 5.74) is 0.664. The fraction of sp³-hybridized carbons (Fsp3) is 0.579. The summed E-state index contributed by atoms with van der Waals surface area (Å²) in [6, 6.07) is 1.85. The first-order chi connectivity index (χ1) is 12.9. The van der Waals surface area contributed by atoms with E-state index in [1.165, 1.54) is 0 Å². The van der Waals surface area contributed by atoms with E-state index in [1.807, 2.05) is 33.2 Å². The van der Waals surface area contributed by atoms with Gasteiger partial charge in [-0.05, 0) is 18.9 Å². The summed E-state index contributed by atoms with van der Waals surface area (Å²) in [7, 11) is 1.81. The Hall–Kier alpha value is -2.64. The van der Waals surface area contributed by atoms with Crippen LogP contribution in [0.15, 0.2) is 31.0 Å². The van der Waals surface area contributed by atoms with Crippen LogP contribution in [0.3, 0.4) is 0 Å². The second-order valence-electron chi connectivity index (χ2n) is 7.78. The monoisotopic (exact) mass is 372 g/mol. The number of imidazole rings is 1. The number of hydrogen-bond acceptors (Lipinski definition) is 4. The van der Waals surface area contributed by atoms with E-state index in [0.717, 1.165) is 18.5 Å². The quantitative estimate of drug-likeness (QED) is 0.692. The van der Waals surface area contributed by atoms with Crippen LogP contribution in [-0.2, 0) is 22.6 Å². The fourth-order valence-corrected chi connectivity index (χ4v) is 3.35. The molecule has 2 aromatic heterocycles. The molecule has 0 aromatic carbocycles. The molecule has 146 valence electrons. The molecule has 2 N–H and O–H groups in total. The summed E-state index contributed by atoms with van der Waals surface area (Å²) < 4.78 is 1.77. The molecule has 1 aliphatic carbocycles. The van der Waals surface area contributed by atoms with E-state index < -0.39 is 0 Å². The number of nitrogens with one attached hydrogen (secondary N) is 2. The van der Waals surface area contributed by atoms with Gasteiger partial charge in [-0.15, -0.1) is 0 Å². The van der Waals surface area contributed by atoms with Gasteiger partial charge in [0.2, 0.25) is 11.8 Å². The van der Waals surface area contributed by atoms with Crippen molar-refractivity contribution in [2.45, 2.75) is 45.2 Å². The second-order valence-corrected chi connectivity index (χ2v) is 7.78. The van der Waals surface area contributed by atoms with Crippen molar-refractivity contribution >= 4 is 11.8 Å². The molecule has 2 unspecified atom stereocenters. The van der Waals surface area contributed by atoms with Gasteiger partial charge in [0.1, 0.15) is 0 Å². The summed E-state index contributed by atoms with van der Waals surface area (Å²) in [5, 5.41) is 7.32. The summed E-state index contributed by atoms with van der Waals surface area (Å²) in [5.74, 6) is -0.229. The zero-order chi connectivity index (χ0) is 19.4. The first-order valence-electron chi connectivity index (χ1n) is 9.40. The van der Waals surface area contributed by atoms with Gasteiger partial charge in [-0.25, -0.2) is 4.98 Å². The van der Waals surface area contributed by atoms with Crippen molar-refractivity contribution < 1.29 is 9.59 Å². The van der Waals surface area contributed by atoms with Crippen molar-refractivity contribution in [3.05, 3.63) is 36.7 Å². The number of aromatic amines is 1. The van der Waals surface area contributed by atoms with Gasteiger partial charge in [0.15, 0.2) is 0 Å². The van der Waals surface area contributed by atoms with Crippen molar-refractivity contribution in [1.29, 1.82) is 0 Å². The Labute approximate surface area is 159 Å². The van der Waals surface area contributed by atoms with E-state index in [-0.39, 0.29) is 29.2 Å². The minimum atomic E-state index is -0.283. The summed E-state index contributed by atoms with van der Waals surface area (Å²) in [4.78, 5) is 34.0. The highest BCUT2D eigenvalue weighted by atomic mass is 16.2. The molecule has 8 nitrogen and oxygen atoms in total. The van der Waals surface area contributed by atoms with Gasteiger partial charge in [-0.2, -0.15) is 5.10 Å². The van der Waals surface area contributed by atoms with Gasteiger partial charge in [0.05, 0.1) is 24.3 Å². The van der Waals surface area contributed by atoms with Crippen LogP contribution in [0.1, 0.15) is 32.4 Å². The molecule has 0 bridgehead atoms. The normalized spacial score (nSPS) is 17.1. The highest BCUT2D eigenvalue weighted by Gasteiger charge is 2.46. The van der Waals surface area contributed by atoms with Crippen molar-refractivity contribution in [3.8, 4) is 0 Å². The van der Waals surface area contributed by atoms with Gasteiger partial charge in [-0.1, -0.05) is 13.8 Å². The van der Waals surface area contributed by atoms with Gasteiger partial charge >= 0.3 is 0 Å². The molecule has 2 atom stereocenters. The molecule has 0 radical (unpaired) electrons. The van der Waals surface area contributed by atoms with Gasteiger partial charge in [0.25, 0.3) is 0 Å². The third-order valence-corrected chi connectivity index (χ3v) is 5.13. The topological polar surface area (TPSA) is 95.9 Å². The zero-order valence-electron chi connectivity index (χ0n) is 16.2. The van der Waals surface area contributed by atoms with Gasteiger partial charge in [-0.3, -0.25) is 14.3 Å². The van der Waals surface area contributed by atoms with Crippen LogP contribution in [-0.4, -0.2) is 55.6 Å². The molecule has 27 heavy (non-hydrogen) atoms. The Morgan fingerprint density at radius 2 is 2.15 bits per heavy atom. The lowest BCUT2D eigenvalue weighted by atomic mass is 10.0. The first-order valence-corrected chi connectivity index (χ1v) is 9.40. The Morgan fingerprint density at radius 1 is 1.37 bits per heavy atom. The number of rotatable bonds is 9. The molecule has 1 aliphatic rings. The van der Waals surface area contributed by atoms with E-state index in [0.29, 0.717) is 19.5 Å². The third kappa shape index (κ3) is 4.96. The molecule has 1 fully saturated rings. The number of hydrogen-bond donors (Lipinski definition) is 2. The number of aromatic nitrogens is 4. The van der Waals surface area contributed by atoms with Crippen LogP contribution >= 0.6 is 0 Å². The number of carbonyl (C=O) groups is 2. The van der Waals surface area contributed by atoms with Crippen LogP contribution in [0.25, 0.3) is 0 Å². The summed E-state index contributed by atoms with van der Waals surface area (Å²) in [6.07, 6.45) is 9.35. The standard InChI is InChI=1S/C19H28N6O2/c1-14(9-16-10-20-13-21-16)17(26)23-19(5-6-19)12-24(3)18(27)15(2)11-25-8-4-7-22-25/h4,7-8,10,13-15H,5-6,9,11-12H2,1-3H3,(H,20,21)(H,23,26).